The van der Waals surface area contributed by atoms with Gasteiger partial charge in [0.15, 0.2) is 0 Å². The van der Waals surface area contributed by atoms with E-state index >= 15 is 0 Å². The van der Waals surface area contributed by atoms with Gasteiger partial charge in [-0.15, -0.1) is 22.7 Å². The number of aromatic nitrogens is 2. The minimum Gasteiger partial charge on any atom is -0.486 e. The molecule has 0 N–H and O–H groups in total. The number of nitrogens with zero attached hydrogens (tertiary/aromatic N) is 2. The van der Waals surface area contributed by atoms with Crippen molar-refractivity contribution >= 4 is 51.5 Å². The molecule has 3 aromatic heterocycles. The molecule has 0 saturated carbocycles. The Morgan fingerprint density at radius 3 is 2.91 bits per heavy atom. The van der Waals surface area contributed by atoms with Gasteiger partial charge in [0, 0.05) is 27.6 Å². The number of ether oxygens (including phenoxy) is 1. The highest BCUT2D eigenvalue weighted by Crippen LogP contribution is 2.35. The molecule has 0 amide bonds. The molecule has 0 unspecified atom stereocenters. The standard InChI is InChI=1S/C15H11ClN2OS3/c1-8-10(6-12(22-8)15(20)19-2)14-18-11(7-21-14)9-3-4-17-13(16)5-9/h3-7H,1-2H3. The Kier molecular flexibility index (Phi) is 4.54. The number of thiazole rings is 1. The summed E-state index contributed by atoms with van der Waals surface area (Å²) in [6.07, 6.45) is 1.68. The summed E-state index contributed by atoms with van der Waals surface area (Å²) in [5.41, 5.74) is 2.95. The van der Waals surface area contributed by atoms with Crippen molar-refractivity contribution in [3.05, 3.63) is 44.7 Å². The molecule has 0 aliphatic rings. The molecule has 3 aromatic rings. The lowest BCUT2D eigenvalue weighted by atomic mass is 10.2. The summed E-state index contributed by atoms with van der Waals surface area (Å²) in [6, 6.07) is 5.75. The summed E-state index contributed by atoms with van der Waals surface area (Å²) in [6.45, 7) is 2.06. The number of thiocarbonyl (C=S) groups is 1. The Balaban J connectivity index is 1.97. The topological polar surface area (TPSA) is 35.0 Å². The second kappa shape index (κ2) is 6.42. The molecule has 0 radical (unpaired) electrons. The van der Waals surface area contributed by atoms with E-state index in [9.17, 15) is 0 Å². The van der Waals surface area contributed by atoms with Crippen LogP contribution < -0.4 is 0 Å². The smallest absolute Gasteiger partial charge is 0.201 e. The van der Waals surface area contributed by atoms with Crippen molar-refractivity contribution in [2.75, 3.05) is 7.11 Å². The Morgan fingerprint density at radius 1 is 1.36 bits per heavy atom. The summed E-state index contributed by atoms with van der Waals surface area (Å²) in [4.78, 5) is 10.8. The number of aryl methyl sites for hydroxylation is 1. The van der Waals surface area contributed by atoms with Crippen LogP contribution in [-0.4, -0.2) is 22.1 Å². The number of hydrogen-bond donors (Lipinski definition) is 0. The maximum absolute atomic E-state index is 5.94. The monoisotopic (exact) mass is 366 g/mol. The van der Waals surface area contributed by atoms with Gasteiger partial charge in [-0.3, -0.25) is 0 Å². The Morgan fingerprint density at radius 2 is 2.18 bits per heavy atom. The van der Waals surface area contributed by atoms with Crippen LogP contribution in [0.25, 0.3) is 21.8 Å². The molecule has 0 atom stereocenters. The largest absolute Gasteiger partial charge is 0.486 e. The second-order valence-corrected chi connectivity index (χ2v) is 7.35. The fourth-order valence-electron chi connectivity index (χ4n) is 1.99. The summed E-state index contributed by atoms with van der Waals surface area (Å²) < 4.78 is 5.13. The molecule has 3 rings (SSSR count). The highest BCUT2D eigenvalue weighted by molar-refractivity contribution is 7.80. The van der Waals surface area contributed by atoms with E-state index in [-0.39, 0.29) is 0 Å². The molecule has 0 aliphatic heterocycles. The third kappa shape index (κ3) is 3.05. The maximum atomic E-state index is 5.94. The van der Waals surface area contributed by atoms with E-state index in [1.807, 2.05) is 23.6 Å². The van der Waals surface area contributed by atoms with Gasteiger partial charge in [-0.2, -0.15) is 0 Å². The third-order valence-corrected chi connectivity index (χ3v) is 5.71. The van der Waals surface area contributed by atoms with Gasteiger partial charge in [0.05, 0.1) is 17.7 Å². The summed E-state index contributed by atoms with van der Waals surface area (Å²) in [5, 5.41) is 3.96. The van der Waals surface area contributed by atoms with Gasteiger partial charge in [-0.25, -0.2) is 9.97 Å². The summed E-state index contributed by atoms with van der Waals surface area (Å²) in [7, 11) is 1.59. The van der Waals surface area contributed by atoms with Gasteiger partial charge in [-0.1, -0.05) is 11.6 Å². The molecular weight excluding hydrogens is 356 g/mol. The molecule has 3 nitrogen and oxygen atoms in total. The average Bonchev–Trinajstić information content (AvgIpc) is 3.13. The average molecular weight is 367 g/mol. The zero-order valence-corrected chi connectivity index (χ0v) is 15.0. The Hall–Kier alpha value is -1.34. The van der Waals surface area contributed by atoms with E-state index in [0.717, 1.165) is 26.7 Å². The highest BCUT2D eigenvalue weighted by Gasteiger charge is 2.15. The first-order valence-electron chi connectivity index (χ1n) is 6.35. The number of halogens is 1. The van der Waals surface area contributed by atoms with Crippen LogP contribution in [0.15, 0.2) is 29.8 Å². The van der Waals surface area contributed by atoms with Crippen LogP contribution in [0.3, 0.4) is 0 Å². The van der Waals surface area contributed by atoms with Gasteiger partial charge in [0.1, 0.15) is 10.2 Å². The van der Waals surface area contributed by atoms with E-state index < -0.39 is 0 Å². The minimum atomic E-state index is 0.464. The molecule has 0 fully saturated rings. The number of thiophene rings is 1. The SMILES string of the molecule is COC(=S)c1cc(-c2nc(-c3ccnc(Cl)c3)cs2)c(C)s1. The highest BCUT2D eigenvalue weighted by atomic mass is 35.5. The maximum Gasteiger partial charge on any atom is 0.201 e. The van der Waals surface area contributed by atoms with Gasteiger partial charge in [0.25, 0.3) is 0 Å². The predicted molar refractivity (Wildman–Crippen MR) is 97.1 cm³/mol. The first-order valence-corrected chi connectivity index (χ1v) is 8.83. The summed E-state index contributed by atoms with van der Waals surface area (Å²) in [5.74, 6) is 0. The Labute approximate surface area is 146 Å². The van der Waals surface area contributed by atoms with Crippen LogP contribution in [0.2, 0.25) is 5.15 Å². The molecule has 0 saturated heterocycles. The molecule has 112 valence electrons. The van der Waals surface area contributed by atoms with E-state index in [4.69, 9.17) is 33.5 Å². The van der Waals surface area contributed by atoms with Crippen LogP contribution in [0.5, 0.6) is 0 Å². The van der Waals surface area contributed by atoms with Gasteiger partial charge < -0.3 is 4.74 Å². The quantitative estimate of drug-likeness (QED) is 0.470. The lowest BCUT2D eigenvalue weighted by Gasteiger charge is -1.97. The molecule has 22 heavy (non-hydrogen) atoms. The number of methoxy groups -OCH3 is 1. The minimum absolute atomic E-state index is 0.464. The van der Waals surface area contributed by atoms with Gasteiger partial charge >= 0.3 is 0 Å². The zero-order valence-electron chi connectivity index (χ0n) is 11.8. The first kappa shape index (κ1) is 15.6. The number of rotatable bonds is 3. The van der Waals surface area contributed by atoms with Crippen LogP contribution in [0, 0.1) is 6.92 Å². The molecule has 0 aromatic carbocycles. The third-order valence-electron chi connectivity index (χ3n) is 3.06. The lowest BCUT2D eigenvalue weighted by molar-refractivity contribution is 0.417. The van der Waals surface area contributed by atoms with Crippen LogP contribution in [0.1, 0.15) is 9.75 Å². The van der Waals surface area contributed by atoms with Crippen LogP contribution in [-0.2, 0) is 4.74 Å². The lowest BCUT2D eigenvalue weighted by Crippen LogP contribution is -1.94. The van der Waals surface area contributed by atoms with Gasteiger partial charge in [0.2, 0.25) is 5.05 Å². The molecule has 0 spiro atoms. The zero-order chi connectivity index (χ0) is 15.7. The molecular formula is C15H11ClN2OS3. The van der Waals surface area contributed by atoms with Crippen LogP contribution in [0.4, 0.5) is 0 Å². The van der Waals surface area contributed by atoms with Crippen molar-refractivity contribution in [1.29, 1.82) is 0 Å². The van der Waals surface area contributed by atoms with Crippen molar-refractivity contribution in [2.45, 2.75) is 6.92 Å². The van der Waals surface area contributed by atoms with E-state index in [1.54, 1.807) is 36.0 Å². The van der Waals surface area contributed by atoms with Crippen molar-refractivity contribution in [3.63, 3.8) is 0 Å². The Bertz CT molecular complexity index is 841. The molecule has 3 heterocycles. The van der Waals surface area contributed by atoms with E-state index in [0.29, 0.717) is 10.2 Å². The molecule has 0 aliphatic carbocycles. The fraction of sp³-hybridized carbons (Fsp3) is 0.133. The van der Waals surface area contributed by atoms with Crippen molar-refractivity contribution in [3.8, 4) is 21.8 Å². The fourth-order valence-corrected chi connectivity index (χ4v) is 4.25. The van der Waals surface area contributed by atoms with Crippen molar-refractivity contribution < 1.29 is 4.74 Å². The van der Waals surface area contributed by atoms with Crippen molar-refractivity contribution in [1.82, 2.24) is 9.97 Å². The number of pyridine rings is 1. The molecule has 7 heteroatoms. The molecule has 0 bridgehead atoms. The van der Waals surface area contributed by atoms with E-state index in [1.165, 1.54) is 4.88 Å². The predicted octanol–water partition coefficient (Wildman–Crippen LogP) is 5.22. The summed E-state index contributed by atoms with van der Waals surface area (Å²) >= 11 is 14.3. The van der Waals surface area contributed by atoms with Gasteiger partial charge in [-0.05, 0) is 37.3 Å². The normalized spacial score (nSPS) is 10.7. The van der Waals surface area contributed by atoms with Crippen LogP contribution >= 0.6 is 46.5 Å². The first-order chi connectivity index (χ1) is 10.6. The van der Waals surface area contributed by atoms with E-state index in [2.05, 4.69) is 11.9 Å². The second-order valence-electron chi connectivity index (χ2n) is 4.48. The van der Waals surface area contributed by atoms with Crippen molar-refractivity contribution in [2.24, 2.45) is 0 Å². The number of hydrogen-bond acceptors (Lipinski definition) is 6.